The molecule has 2 fully saturated rings. The van der Waals surface area contributed by atoms with Gasteiger partial charge in [0, 0.05) is 18.7 Å². The number of amides is 2. The number of carbonyl (C=O) groups is 3. The smallest absolute Gasteiger partial charge is 0.306 e. The van der Waals surface area contributed by atoms with Gasteiger partial charge in [-0.2, -0.15) is 0 Å². The molecule has 0 aromatic heterocycles. The third-order valence-electron chi connectivity index (χ3n) is 6.43. The number of aliphatic carboxylic acids is 1. The lowest BCUT2D eigenvalue weighted by molar-refractivity contribution is -0.143. The molecule has 2 saturated carbocycles. The Morgan fingerprint density at radius 1 is 0.882 bits per heavy atom. The Balaban J connectivity index is 1.18. The van der Waals surface area contributed by atoms with E-state index in [-0.39, 0.29) is 36.6 Å². The fourth-order valence-electron chi connectivity index (χ4n) is 4.24. The molecule has 180 valence electrons. The highest BCUT2D eigenvalue weighted by Gasteiger charge is 2.27. The van der Waals surface area contributed by atoms with Gasteiger partial charge in [0.1, 0.15) is 11.6 Å². The van der Waals surface area contributed by atoms with Crippen LogP contribution in [0.2, 0.25) is 0 Å². The molecule has 0 atom stereocenters. The number of rotatable bonds is 9. The van der Waals surface area contributed by atoms with Gasteiger partial charge in [-0.25, -0.2) is 4.39 Å². The third-order valence-corrected chi connectivity index (χ3v) is 6.43. The van der Waals surface area contributed by atoms with Crippen molar-refractivity contribution in [1.82, 2.24) is 10.6 Å². The molecule has 0 heterocycles. The van der Waals surface area contributed by atoms with Crippen molar-refractivity contribution in [2.75, 3.05) is 13.1 Å². The van der Waals surface area contributed by atoms with Crippen molar-refractivity contribution in [1.29, 1.82) is 0 Å². The van der Waals surface area contributed by atoms with Gasteiger partial charge in [0.05, 0.1) is 17.6 Å². The number of carbonyl (C=O) groups excluding carboxylic acids is 2. The summed E-state index contributed by atoms with van der Waals surface area (Å²) < 4.78 is 20.1. The standard InChI is InChI=1S/C26H29FN2O5/c27-23-15-19(16-1-2-16)7-12-22(23)25(31)29-14-13-28-24(30)17-3-8-20(9-4-17)34-21-10-5-18(6-11-21)26(32)33/h3-4,7-9,12,15-16,18,21H,1-2,5-6,10-11,13-14H2,(H,28,30)(H,29,31)(H,32,33)/t18-,21+. The second-order valence-corrected chi connectivity index (χ2v) is 8.98. The Morgan fingerprint density at radius 2 is 1.53 bits per heavy atom. The Hall–Kier alpha value is -3.42. The first-order chi connectivity index (χ1) is 16.4. The van der Waals surface area contributed by atoms with Crippen molar-refractivity contribution in [3.05, 3.63) is 65.0 Å². The highest BCUT2D eigenvalue weighted by Crippen LogP contribution is 2.40. The Morgan fingerprint density at radius 3 is 2.12 bits per heavy atom. The van der Waals surface area contributed by atoms with Gasteiger partial charge < -0.3 is 20.5 Å². The maximum Gasteiger partial charge on any atom is 0.306 e. The number of ether oxygens (including phenoxy) is 1. The van der Waals surface area contributed by atoms with Crippen molar-refractivity contribution in [2.24, 2.45) is 5.92 Å². The van der Waals surface area contributed by atoms with Crippen LogP contribution >= 0.6 is 0 Å². The molecule has 0 bridgehead atoms. The van der Waals surface area contributed by atoms with E-state index in [9.17, 15) is 18.8 Å². The van der Waals surface area contributed by atoms with E-state index in [1.54, 1.807) is 30.3 Å². The van der Waals surface area contributed by atoms with Crippen molar-refractivity contribution < 1.29 is 28.6 Å². The summed E-state index contributed by atoms with van der Waals surface area (Å²) in [7, 11) is 0. The predicted molar refractivity (Wildman–Crippen MR) is 123 cm³/mol. The number of nitrogens with one attached hydrogen (secondary N) is 2. The van der Waals surface area contributed by atoms with E-state index in [0.717, 1.165) is 18.4 Å². The summed E-state index contributed by atoms with van der Waals surface area (Å²) in [5, 5.41) is 14.4. The summed E-state index contributed by atoms with van der Waals surface area (Å²) in [4.78, 5) is 35.6. The summed E-state index contributed by atoms with van der Waals surface area (Å²) >= 11 is 0. The van der Waals surface area contributed by atoms with Crippen LogP contribution in [0.15, 0.2) is 42.5 Å². The molecular formula is C26H29FN2O5. The predicted octanol–water partition coefficient (Wildman–Crippen LogP) is 3.89. The van der Waals surface area contributed by atoms with Crippen LogP contribution < -0.4 is 15.4 Å². The molecule has 2 aliphatic carbocycles. The fraction of sp³-hybridized carbons (Fsp3) is 0.423. The molecule has 3 N–H and O–H groups in total. The van der Waals surface area contributed by atoms with Gasteiger partial charge in [0.2, 0.25) is 0 Å². The number of carboxylic acids is 1. The Labute approximate surface area is 197 Å². The van der Waals surface area contributed by atoms with Gasteiger partial charge in [-0.15, -0.1) is 0 Å². The van der Waals surface area contributed by atoms with E-state index in [1.165, 1.54) is 12.1 Å². The van der Waals surface area contributed by atoms with E-state index in [4.69, 9.17) is 9.84 Å². The van der Waals surface area contributed by atoms with Crippen molar-refractivity contribution >= 4 is 17.8 Å². The van der Waals surface area contributed by atoms with Crippen LogP contribution in [0.5, 0.6) is 5.75 Å². The zero-order valence-corrected chi connectivity index (χ0v) is 18.9. The topological polar surface area (TPSA) is 105 Å². The molecule has 0 unspecified atom stereocenters. The average molecular weight is 469 g/mol. The monoisotopic (exact) mass is 468 g/mol. The number of carboxylic acid groups (broad SMARTS) is 1. The van der Waals surface area contributed by atoms with Crippen molar-refractivity contribution in [3.8, 4) is 5.75 Å². The van der Waals surface area contributed by atoms with Gasteiger partial charge in [-0.1, -0.05) is 6.07 Å². The molecule has 0 aliphatic heterocycles. The molecule has 8 heteroatoms. The highest BCUT2D eigenvalue weighted by molar-refractivity contribution is 5.95. The molecule has 34 heavy (non-hydrogen) atoms. The van der Waals surface area contributed by atoms with Gasteiger partial charge >= 0.3 is 5.97 Å². The third kappa shape index (κ3) is 6.12. The number of halogens is 1. The van der Waals surface area contributed by atoms with Crippen LogP contribution in [-0.4, -0.2) is 42.1 Å². The molecule has 2 aromatic carbocycles. The zero-order valence-electron chi connectivity index (χ0n) is 18.9. The lowest BCUT2D eigenvalue weighted by Gasteiger charge is -2.26. The largest absolute Gasteiger partial charge is 0.490 e. The van der Waals surface area contributed by atoms with Crippen LogP contribution in [0.4, 0.5) is 4.39 Å². The number of hydrogen-bond acceptors (Lipinski definition) is 4. The van der Waals surface area contributed by atoms with Gasteiger partial charge in [0.25, 0.3) is 11.8 Å². The molecule has 2 aliphatic rings. The van der Waals surface area contributed by atoms with Crippen LogP contribution in [0.25, 0.3) is 0 Å². The summed E-state index contributed by atoms with van der Waals surface area (Å²) in [6, 6.07) is 11.5. The SMILES string of the molecule is O=C(NCCNC(=O)c1ccc(C2CC2)cc1F)c1ccc(O[C@H]2CC[C@@H](C(=O)O)CC2)cc1. The highest BCUT2D eigenvalue weighted by atomic mass is 19.1. The Kier molecular flexibility index (Phi) is 7.45. The van der Waals surface area contributed by atoms with E-state index in [0.29, 0.717) is 42.9 Å². The molecule has 0 spiro atoms. The second-order valence-electron chi connectivity index (χ2n) is 8.98. The van der Waals surface area contributed by atoms with E-state index in [1.807, 2.05) is 0 Å². The molecule has 0 saturated heterocycles. The molecule has 2 aromatic rings. The zero-order chi connectivity index (χ0) is 24.1. The van der Waals surface area contributed by atoms with Crippen LogP contribution in [0.3, 0.4) is 0 Å². The summed E-state index contributed by atoms with van der Waals surface area (Å²) in [6.45, 7) is 0.381. The maximum atomic E-state index is 14.2. The van der Waals surface area contributed by atoms with Crippen LogP contribution in [0.1, 0.15) is 70.7 Å². The van der Waals surface area contributed by atoms with Crippen LogP contribution in [-0.2, 0) is 4.79 Å². The molecule has 2 amide bonds. The number of benzene rings is 2. The van der Waals surface area contributed by atoms with Gasteiger partial charge in [0.15, 0.2) is 0 Å². The minimum Gasteiger partial charge on any atom is -0.490 e. The summed E-state index contributed by atoms with van der Waals surface area (Å²) in [5.74, 6) is -1.30. The first-order valence-corrected chi connectivity index (χ1v) is 11.8. The average Bonchev–Trinajstić information content (AvgIpc) is 3.68. The normalized spacial score (nSPS) is 19.8. The molecule has 0 radical (unpaired) electrons. The first-order valence-electron chi connectivity index (χ1n) is 11.8. The van der Waals surface area contributed by atoms with Crippen LogP contribution in [0, 0.1) is 11.7 Å². The van der Waals surface area contributed by atoms with E-state index >= 15 is 0 Å². The minimum absolute atomic E-state index is 0.00256. The van der Waals surface area contributed by atoms with Gasteiger partial charge in [-0.3, -0.25) is 14.4 Å². The molecular weight excluding hydrogens is 439 g/mol. The number of hydrogen-bond donors (Lipinski definition) is 3. The lowest BCUT2D eigenvalue weighted by atomic mass is 9.87. The van der Waals surface area contributed by atoms with Crippen molar-refractivity contribution in [2.45, 2.75) is 50.5 Å². The van der Waals surface area contributed by atoms with Crippen molar-refractivity contribution in [3.63, 3.8) is 0 Å². The van der Waals surface area contributed by atoms with Gasteiger partial charge in [-0.05, 0) is 86.4 Å². The lowest BCUT2D eigenvalue weighted by Crippen LogP contribution is -2.35. The van der Waals surface area contributed by atoms with E-state index in [2.05, 4.69) is 10.6 Å². The quantitative estimate of drug-likeness (QED) is 0.485. The fourth-order valence-corrected chi connectivity index (χ4v) is 4.24. The van der Waals surface area contributed by atoms with E-state index < -0.39 is 17.7 Å². The maximum absolute atomic E-state index is 14.2. The molecule has 7 nitrogen and oxygen atoms in total. The molecule has 4 rings (SSSR count). The summed E-state index contributed by atoms with van der Waals surface area (Å²) in [6.07, 6.45) is 4.71. The second kappa shape index (κ2) is 10.7. The Bertz CT molecular complexity index is 1040. The first kappa shape index (κ1) is 23.7. The summed E-state index contributed by atoms with van der Waals surface area (Å²) in [5.41, 5.74) is 1.39. The minimum atomic E-state index is -0.747.